The summed E-state index contributed by atoms with van der Waals surface area (Å²) < 4.78 is 113. The van der Waals surface area contributed by atoms with Crippen LogP contribution in [0.25, 0.3) is 0 Å². The molecule has 1 aromatic carbocycles. The van der Waals surface area contributed by atoms with E-state index in [-0.39, 0.29) is 25.7 Å². The second-order valence-corrected chi connectivity index (χ2v) is 8.16. The SMILES string of the molecule is CC12CCC(COc3ccc(CCC(F)(F)F)c(F)c3F)(CC1)C(F)C2(F)F. The molecule has 158 valence electrons. The van der Waals surface area contributed by atoms with Crippen LogP contribution in [-0.4, -0.2) is 24.9 Å². The lowest BCUT2D eigenvalue weighted by Gasteiger charge is -2.57. The number of rotatable bonds is 5. The van der Waals surface area contributed by atoms with Gasteiger partial charge in [0.1, 0.15) is 0 Å². The summed E-state index contributed by atoms with van der Waals surface area (Å²) in [4.78, 5) is 0. The molecule has 0 spiro atoms. The third kappa shape index (κ3) is 3.45. The van der Waals surface area contributed by atoms with Gasteiger partial charge in [0.25, 0.3) is 5.92 Å². The molecule has 3 saturated carbocycles. The number of aryl methyl sites for hydroxylation is 1. The zero-order chi connectivity index (χ0) is 21.0. The quantitative estimate of drug-likeness (QED) is 0.506. The predicted molar refractivity (Wildman–Crippen MR) is 85.1 cm³/mol. The van der Waals surface area contributed by atoms with E-state index in [1.54, 1.807) is 0 Å². The van der Waals surface area contributed by atoms with Gasteiger partial charge in [0.2, 0.25) is 5.82 Å². The molecule has 1 atom stereocenters. The Hall–Kier alpha value is -1.54. The molecule has 0 aliphatic heterocycles. The van der Waals surface area contributed by atoms with Crippen molar-refractivity contribution in [1.82, 2.24) is 0 Å². The average molecular weight is 416 g/mol. The Morgan fingerprint density at radius 2 is 1.64 bits per heavy atom. The fourth-order valence-corrected chi connectivity index (χ4v) is 4.17. The van der Waals surface area contributed by atoms with Gasteiger partial charge in [-0.05, 0) is 43.7 Å². The number of halogens is 8. The first-order valence-corrected chi connectivity index (χ1v) is 9.00. The molecule has 0 aromatic heterocycles. The van der Waals surface area contributed by atoms with Gasteiger partial charge in [-0.15, -0.1) is 0 Å². The minimum atomic E-state index is -4.52. The molecule has 0 radical (unpaired) electrons. The topological polar surface area (TPSA) is 9.23 Å². The number of hydrogen-bond donors (Lipinski definition) is 0. The normalized spacial score (nSPS) is 31.8. The van der Waals surface area contributed by atoms with E-state index in [0.29, 0.717) is 0 Å². The Morgan fingerprint density at radius 1 is 1.04 bits per heavy atom. The highest BCUT2D eigenvalue weighted by molar-refractivity contribution is 5.31. The molecule has 4 rings (SSSR count). The zero-order valence-corrected chi connectivity index (χ0v) is 15.1. The maximum absolute atomic E-state index is 14.6. The molecule has 1 nitrogen and oxygen atoms in total. The van der Waals surface area contributed by atoms with Gasteiger partial charge < -0.3 is 4.74 Å². The van der Waals surface area contributed by atoms with Gasteiger partial charge in [-0.1, -0.05) is 13.0 Å². The summed E-state index contributed by atoms with van der Waals surface area (Å²) in [5.41, 5.74) is -3.40. The van der Waals surface area contributed by atoms with Crippen molar-refractivity contribution in [2.45, 2.75) is 63.7 Å². The van der Waals surface area contributed by atoms with Crippen molar-refractivity contribution in [1.29, 1.82) is 0 Å². The largest absolute Gasteiger partial charge is 0.490 e. The number of benzene rings is 1. The van der Waals surface area contributed by atoms with Gasteiger partial charge in [-0.25, -0.2) is 17.6 Å². The van der Waals surface area contributed by atoms with Crippen LogP contribution >= 0.6 is 0 Å². The summed E-state index contributed by atoms with van der Waals surface area (Å²) in [6.45, 7) is 0.788. The number of hydrogen-bond acceptors (Lipinski definition) is 1. The lowest BCUT2D eigenvalue weighted by atomic mass is 9.52. The third-order valence-corrected chi connectivity index (χ3v) is 6.33. The lowest BCUT2D eigenvalue weighted by molar-refractivity contribution is -0.267. The van der Waals surface area contributed by atoms with Crippen LogP contribution in [0.2, 0.25) is 0 Å². The van der Waals surface area contributed by atoms with E-state index in [4.69, 9.17) is 4.74 Å². The van der Waals surface area contributed by atoms with Crippen LogP contribution in [-0.2, 0) is 6.42 Å². The molecule has 0 saturated heterocycles. The Kier molecular flexibility index (Phi) is 5.11. The second-order valence-electron chi connectivity index (χ2n) is 8.16. The van der Waals surface area contributed by atoms with Gasteiger partial charge in [-0.3, -0.25) is 0 Å². The molecule has 9 heteroatoms. The van der Waals surface area contributed by atoms with Gasteiger partial charge in [0.05, 0.1) is 6.61 Å². The van der Waals surface area contributed by atoms with E-state index >= 15 is 0 Å². The van der Waals surface area contributed by atoms with Crippen molar-refractivity contribution < 1.29 is 39.9 Å². The number of ether oxygens (including phenoxy) is 1. The highest BCUT2D eigenvalue weighted by atomic mass is 19.4. The molecule has 0 N–H and O–H groups in total. The van der Waals surface area contributed by atoms with Crippen LogP contribution in [0.15, 0.2) is 12.1 Å². The van der Waals surface area contributed by atoms with Crippen molar-refractivity contribution in [2.75, 3.05) is 6.61 Å². The van der Waals surface area contributed by atoms with Crippen molar-refractivity contribution >= 4 is 0 Å². The summed E-state index contributed by atoms with van der Waals surface area (Å²) in [6, 6.07) is 1.90. The number of fused-ring (bicyclic) bond motifs is 3. The van der Waals surface area contributed by atoms with E-state index in [9.17, 15) is 35.1 Å². The molecule has 1 unspecified atom stereocenters. The molecular formula is C19H20F8O. The average Bonchev–Trinajstić information content (AvgIpc) is 2.61. The maximum atomic E-state index is 14.6. The smallest absolute Gasteiger partial charge is 0.389 e. The van der Waals surface area contributed by atoms with E-state index in [1.165, 1.54) is 6.92 Å². The molecule has 1 aromatic rings. The first-order valence-electron chi connectivity index (χ1n) is 9.00. The highest BCUT2D eigenvalue weighted by Gasteiger charge is 2.70. The highest BCUT2D eigenvalue weighted by Crippen LogP contribution is 2.64. The third-order valence-electron chi connectivity index (χ3n) is 6.33. The molecule has 0 amide bonds. The molecular weight excluding hydrogens is 396 g/mol. The first-order chi connectivity index (χ1) is 12.8. The zero-order valence-electron chi connectivity index (χ0n) is 15.1. The van der Waals surface area contributed by atoms with Gasteiger partial charge in [-0.2, -0.15) is 17.6 Å². The molecule has 3 fully saturated rings. The summed E-state index contributed by atoms with van der Waals surface area (Å²) in [5.74, 6) is -7.16. The van der Waals surface area contributed by atoms with Crippen molar-refractivity contribution in [3.05, 3.63) is 29.3 Å². The molecule has 3 aliphatic rings. The predicted octanol–water partition coefficient (Wildman–Crippen LogP) is 6.39. The summed E-state index contributed by atoms with van der Waals surface area (Å²) in [6.07, 6.45) is -8.59. The van der Waals surface area contributed by atoms with Crippen LogP contribution in [0.4, 0.5) is 35.1 Å². The van der Waals surface area contributed by atoms with Crippen molar-refractivity contribution in [3.63, 3.8) is 0 Å². The maximum Gasteiger partial charge on any atom is 0.389 e. The fourth-order valence-electron chi connectivity index (χ4n) is 4.17. The van der Waals surface area contributed by atoms with Gasteiger partial charge in [0.15, 0.2) is 17.7 Å². The minimum Gasteiger partial charge on any atom is -0.490 e. The summed E-state index contributed by atoms with van der Waals surface area (Å²) in [5, 5.41) is 0. The Labute approximate surface area is 157 Å². The first kappa shape index (κ1) is 21.2. The lowest BCUT2D eigenvalue weighted by Crippen LogP contribution is -2.64. The molecule has 28 heavy (non-hydrogen) atoms. The molecule has 3 aliphatic carbocycles. The Bertz CT molecular complexity index is 734. The van der Waals surface area contributed by atoms with Gasteiger partial charge >= 0.3 is 6.18 Å². The fraction of sp³-hybridized carbons (Fsp3) is 0.684. The monoisotopic (exact) mass is 416 g/mol. The van der Waals surface area contributed by atoms with E-state index < -0.39 is 71.5 Å². The van der Waals surface area contributed by atoms with E-state index in [0.717, 1.165) is 12.1 Å². The van der Waals surface area contributed by atoms with Crippen LogP contribution < -0.4 is 4.74 Å². The van der Waals surface area contributed by atoms with Crippen LogP contribution in [0, 0.1) is 22.5 Å². The molecule has 2 bridgehead atoms. The van der Waals surface area contributed by atoms with Crippen molar-refractivity contribution in [3.8, 4) is 5.75 Å². The van der Waals surface area contributed by atoms with E-state index in [1.807, 2.05) is 0 Å². The standard InChI is InChI=1S/C19H20F8O/c1-16-6-8-17(9-7-16,15(22)19(16,26)27)10-28-12-3-2-11(13(20)14(12)21)4-5-18(23,24)25/h2-3,15H,4-10H2,1H3. The minimum absolute atomic E-state index is 0.0942. The van der Waals surface area contributed by atoms with Crippen molar-refractivity contribution in [2.24, 2.45) is 10.8 Å². The van der Waals surface area contributed by atoms with Crippen LogP contribution in [0.5, 0.6) is 5.75 Å². The Balaban J connectivity index is 1.74. The number of alkyl halides is 6. The van der Waals surface area contributed by atoms with Crippen LogP contribution in [0.3, 0.4) is 0 Å². The summed E-state index contributed by atoms with van der Waals surface area (Å²) in [7, 11) is 0. The Morgan fingerprint density at radius 3 is 2.21 bits per heavy atom. The van der Waals surface area contributed by atoms with Gasteiger partial charge in [0, 0.05) is 17.3 Å². The van der Waals surface area contributed by atoms with Crippen LogP contribution in [0.1, 0.15) is 44.6 Å². The molecule has 0 heterocycles. The van der Waals surface area contributed by atoms with E-state index in [2.05, 4.69) is 0 Å². The second kappa shape index (κ2) is 6.76. The summed E-state index contributed by atoms with van der Waals surface area (Å²) >= 11 is 0.